The summed E-state index contributed by atoms with van der Waals surface area (Å²) in [6, 6.07) is 18.4. The second-order valence-electron chi connectivity index (χ2n) is 5.67. The van der Waals surface area contributed by atoms with Gasteiger partial charge < -0.3 is 4.74 Å². The highest BCUT2D eigenvalue weighted by Gasteiger charge is 2.11. The van der Waals surface area contributed by atoms with E-state index in [1.165, 1.54) is 0 Å². The summed E-state index contributed by atoms with van der Waals surface area (Å²) in [4.78, 5) is 4.61. The maximum absolute atomic E-state index is 5.35. The van der Waals surface area contributed by atoms with Crippen LogP contribution in [0.25, 0.3) is 33.3 Å². The minimum atomic E-state index is 0.825. The van der Waals surface area contributed by atoms with E-state index in [-0.39, 0.29) is 0 Å². The molecule has 0 fully saturated rings. The molecular formula is C20H17N3O. The summed E-state index contributed by atoms with van der Waals surface area (Å²) in [5.74, 6) is 0.825. The molecule has 0 N–H and O–H groups in total. The molecule has 0 unspecified atom stereocenters. The second-order valence-corrected chi connectivity index (χ2v) is 5.67. The number of aromatic nitrogens is 3. The fourth-order valence-electron chi connectivity index (χ4n) is 2.95. The van der Waals surface area contributed by atoms with Crippen LogP contribution in [0.3, 0.4) is 0 Å². The molecule has 0 saturated carbocycles. The van der Waals surface area contributed by atoms with Crippen molar-refractivity contribution in [2.75, 3.05) is 7.11 Å². The smallest absolute Gasteiger partial charge is 0.119 e. The van der Waals surface area contributed by atoms with Gasteiger partial charge in [-0.05, 0) is 29.8 Å². The van der Waals surface area contributed by atoms with Gasteiger partial charge in [0.1, 0.15) is 5.75 Å². The van der Waals surface area contributed by atoms with Crippen molar-refractivity contribution in [3.05, 3.63) is 67.0 Å². The number of hydrogen-bond acceptors (Lipinski definition) is 3. The van der Waals surface area contributed by atoms with E-state index in [4.69, 9.17) is 4.74 Å². The van der Waals surface area contributed by atoms with Crippen LogP contribution in [0.1, 0.15) is 0 Å². The minimum absolute atomic E-state index is 0.825. The molecule has 0 aliphatic carbocycles. The number of benzene rings is 2. The van der Waals surface area contributed by atoms with Crippen LogP contribution in [0.4, 0.5) is 0 Å². The predicted molar refractivity (Wildman–Crippen MR) is 95.9 cm³/mol. The Morgan fingerprint density at radius 1 is 0.958 bits per heavy atom. The third-order valence-corrected chi connectivity index (χ3v) is 4.21. The lowest BCUT2D eigenvalue weighted by Gasteiger charge is -2.10. The molecule has 0 amide bonds. The Morgan fingerprint density at radius 2 is 1.88 bits per heavy atom. The van der Waals surface area contributed by atoms with Gasteiger partial charge in [-0.25, -0.2) is 0 Å². The van der Waals surface area contributed by atoms with Crippen LogP contribution in [0.2, 0.25) is 0 Å². The molecule has 24 heavy (non-hydrogen) atoms. The summed E-state index contributed by atoms with van der Waals surface area (Å²) in [6.45, 7) is 0. The summed E-state index contributed by atoms with van der Waals surface area (Å²) in [5, 5.41) is 5.45. The summed E-state index contributed by atoms with van der Waals surface area (Å²) in [7, 11) is 3.63. The van der Waals surface area contributed by atoms with Gasteiger partial charge in [-0.1, -0.05) is 30.3 Å². The third-order valence-electron chi connectivity index (χ3n) is 4.21. The van der Waals surface area contributed by atoms with Gasteiger partial charge in [0.2, 0.25) is 0 Å². The number of nitrogens with zero attached hydrogens (tertiary/aromatic N) is 3. The van der Waals surface area contributed by atoms with Crippen molar-refractivity contribution in [1.82, 2.24) is 14.8 Å². The topological polar surface area (TPSA) is 39.9 Å². The molecule has 4 aromatic rings. The Bertz CT molecular complexity index is 1020. The summed E-state index contributed by atoms with van der Waals surface area (Å²) in [6.07, 6.45) is 3.70. The number of hydrogen-bond donors (Lipinski definition) is 0. The molecule has 2 heterocycles. The van der Waals surface area contributed by atoms with Crippen molar-refractivity contribution < 1.29 is 4.74 Å². The van der Waals surface area contributed by atoms with Gasteiger partial charge >= 0.3 is 0 Å². The fourth-order valence-corrected chi connectivity index (χ4v) is 2.95. The standard InChI is InChI=1S/C20H17N3O/c1-23-19-12-14(8-9-16(19)13-22-23)18-7-4-10-21-20(18)15-5-3-6-17(11-15)24-2/h3-13H,1-2H3. The van der Waals surface area contributed by atoms with Crippen LogP contribution in [0.5, 0.6) is 5.75 Å². The van der Waals surface area contributed by atoms with E-state index in [0.29, 0.717) is 0 Å². The van der Waals surface area contributed by atoms with Crippen LogP contribution >= 0.6 is 0 Å². The Hall–Kier alpha value is -3.14. The van der Waals surface area contributed by atoms with Crippen LogP contribution in [-0.4, -0.2) is 21.9 Å². The van der Waals surface area contributed by atoms with Crippen molar-refractivity contribution in [1.29, 1.82) is 0 Å². The van der Waals surface area contributed by atoms with Crippen LogP contribution in [0.15, 0.2) is 67.0 Å². The molecule has 0 spiro atoms. The van der Waals surface area contributed by atoms with Gasteiger partial charge in [0.05, 0.1) is 24.5 Å². The Labute approximate surface area is 140 Å². The normalized spacial score (nSPS) is 10.9. The lowest BCUT2D eigenvalue weighted by molar-refractivity contribution is 0.415. The molecular weight excluding hydrogens is 298 g/mol. The van der Waals surface area contributed by atoms with E-state index in [0.717, 1.165) is 39.0 Å². The maximum Gasteiger partial charge on any atom is 0.119 e. The Morgan fingerprint density at radius 3 is 2.75 bits per heavy atom. The highest BCUT2D eigenvalue weighted by atomic mass is 16.5. The Balaban J connectivity index is 1.90. The summed E-state index contributed by atoms with van der Waals surface area (Å²) >= 11 is 0. The van der Waals surface area contributed by atoms with E-state index in [1.807, 2.05) is 48.4 Å². The van der Waals surface area contributed by atoms with Crippen LogP contribution < -0.4 is 4.74 Å². The molecule has 0 aliphatic heterocycles. The molecule has 0 bridgehead atoms. The number of pyridine rings is 1. The van der Waals surface area contributed by atoms with Gasteiger partial charge in [-0.3, -0.25) is 9.67 Å². The van der Waals surface area contributed by atoms with Crippen molar-refractivity contribution >= 4 is 10.9 Å². The first-order valence-corrected chi connectivity index (χ1v) is 7.78. The first kappa shape index (κ1) is 14.5. The maximum atomic E-state index is 5.35. The summed E-state index contributed by atoms with van der Waals surface area (Å²) in [5.41, 5.74) is 5.30. The molecule has 4 rings (SSSR count). The zero-order valence-corrected chi connectivity index (χ0v) is 13.6. The van der Waals surface area contributed by atoms with E-state index >= 15 is 0 Å². The number of methoxy groups -OCH3 is 1. The molecule has 4 heteroatoms. The number of fused-ring (bicyclic) bond motifs is 1. The molecule has 2 aromatic carbocycles. The molecule has 0 radical (unpaired) electrons. The molecule has 0 atom stereocenters. The fraction of sp³-hybridized carbons (Fsp3) is 0.100. The SMILES string of the molecule is COc1cccc(-c2ncccc2-c2ccc3cnn(C)c3c2)c1. The van der Waals surface area contributed by atoms with Gasteiger partial charge in [0, 0.05) is 29.8 Å². The quantitative estimate of drug-likeness (QED) is 0.565. The molecule has 118 valence electrons. The predicted octanol–water partition coefficient (Wildman–Crippen LogP) is 4.31. The van der Waals surface area contributed by atoms with Crippen molar-refractivity contribution in [2.45, 2.75) is 0 Å². The number of aryl methyl sites for hydroxylation is 1. The molecule has 0 aliphatic rings. The van der Waals surface area contributed by atoms with Crippen molar-refractivity contribution in [2.24, 2.45) is 7.05 Å². The molecule has 2 aromatic heterocycles. The van der Waals surface area contributed by atoms with Crippen LogP contribution in [0, 0.1) is 0 Å². The number of rotatable bonds is 3. The average molecular weight is 315 g/mol. The van der Waals surface area contributed by atoms with E-state index in [1.54, 1.807) is 7.11 Å². The van der Waals surface area contributed by atoms with Gasteiger partial charge in [-0.15, -0.1) is 0 Å². The van der Waals surface area contributed by atoms with E-state index in [9.17, 15) is 0 Å². The van der Waals surface area contributed by atoms with Crippen molar-refractivity contribution in [3.63, 3.8) is 0 Å². The monoisotopic (exact) mass is 315 g/mol. The minimum Gasteiger partial charge on any atom is -0.497 e. The summed E-state index contributed by atoms with van der Waals surface area (Å²) < 4.78 is 7.23. The number of ether oxygens (including phenoxy) is 1. The van der Waals surface area contributed by atoms with Gasteiger partial charge in [0.15, 0.2) is 0 Å². The Kier molecular flexibility index (Phi) is 3.50. The first-order valence-electron chi connectivity index (χ1n) is 7.78. The first-order chi connectivity index (χ1) is 11.8. The zero-order valence-electron chi connectivity index (χ0n) is 13.6. The van der Waals surface area contributed by atoms with Crippen molar-refractivity contribution in [3.8, 4) is 28.1 Å². The van der Waals surface area contributed by atoms with E-state index in [2.05, 4.69) is 40.4 Å². The van der Waals surface area contributed by atoms with E-state index < -0.39 is 0 Å². The second kappa shape index (κ2) is 5.81. The zero-order chi connectivity index (χ0) is 16.5. The largest absolute Gasteiger partial charge is 0.497 e. The van der Waals surface area contributed by atoms with Gasteiger partial charge in [0.25, 0.3) is 0 Å². The third kappa shape index (κ3) is 2.42. The average Bonchev–Trinajstić information content (AvgIpc) is 3.02. The highest BCUT2D eigenvalue weighted by molar-refractivity contribution is 5.88. The van der Waals surface area contributed by atoms with Gasteiger partial charge in [-0.2, -0.15) is 5.10 Å². The lowest BCUT2D eigenvalue weighted by Crippen LogP contribution is -1.92. The molecule has 0 saturated heterocycles. The lowest BCUT2D eigenvalue weighted by atomic mass is 9.98. The van der Waals surface area contributed by atoms with Crippen LogP contribution in [-0.2, 0) is 7.05 Å². The molecule has 4 nitrogen and oxygen atoms in total. The highest BCUT2D eigenvalue weighted by Crippen LogP contribution is 2.33.